The Hall–Kier alpha value is -3.14. The first-order chi connectivity index (χ1) is 17.6. The summed E-state index contributed by atoms with van der Waals surface area (Å²) in [6.45, 7) is 3.58. The highest BCUT2D eigenvalue weighted by molar-refractivity contribution is 7.91. The minimum Gasteiger partial charge on any atom is -0.378 e. The fourth-order valence-electron chi connectivity index (χ4n) is 5.26. The van der Waals surface area contributed by atoms with Gasteiger partial charge in [-0.05, 0) is 49.6 Å². The van der Waals surface area contributed by atoms with Crippen molar-refractivity contribution in [2.75, 3.05) is 39.4 Å². The van der Waals surface area contributed by atoms with E-state index in [1.807, 2.05) is 53.4 Å². The molecule has 3 aliphatic heterocycles. The van der Waals surface area contributed by atoms with Crippen LogP contribution in [0.25, 0.3) is 16.9 Å². The molecule has 1 unspecified atom stereocenters. The van der Waals surface area contributed by atoms with Crippen LogP contribution in [-0.2, 0) is 21.7 Å². The van der Waals surface area contributed by atoms with Crippen molar-refractivity contribution in [3.8, 4) is 16.9 Å². The van der Waals surface area contributed by atoms with Crippen LogP contribution in [0.1, 0.15) is 45.7 Å². The van der Waals surface area contributed by atoms with Crippen LogP contribution in [0.4, 0.5) is 0 Å². The highest BCUT2D eigenvalue weighted by Crippen LogP contribution is 2.41. The maximum absolute atomic E-state index is 13.6. The second-order valence-corrected chi connectivity index (χ2v) is 10.9. The molecule has 36 heavy (non-hydrogen) atoms. The number of rotatable bonds is 3. The van der Waals surface area contributed by atoms with Gasteiger partial charge in [-0.3, -0.25) is 9.59 Å². The number of aromatic nitrogens is 2. The van der Waals surface area contributed by atoms with E-state index >= 15 is 0 Å². The first-order valence-electron chi connectivity index (χ1n) is 12.5. The van der Waals surface area contributed by atoms with Crippen LogP contribution in [0, 0.1) is 0 Å². The van der Waals surface area contributed by atoms with Gasteiger partial charge in [0.05, 0.1) is 35.7 Å². The highest BCUT2D eigenvalue weighted by atomic mass is 32.2. The van der Waals surface area contributed by atoms with Gasteiger partial charge in [-0.15, -0.1) is 0 Å². The molecular formula is C27H29N4O4S+. The molecule has 1 N–H and O–H groups in total. The Labute approximate surface area is 213 Å². The third kappa shape index (κ3) is 4.11. The normalized spacial score (nSPS) is 19.5. The molecule has 2 fully saturated rings. The Kier molecular flexibility index (Phi) is 6.29. The number of piperidine rings is 1. The number of carbonyl (C=O) groups is 2. The maximum Gasteiger partial charge on any atom is 0.275 e. The Bertz CT molecular complexity index is 1300. The van der Waals surface area contributed by atoms with E-state index in [4.69, 9.17) is 9.84 Å². The van der Waals surface area contributed by atoms with Crippen LogP contribution >= 0.6 is 0 Å². The summed E-state index contributed by atoms with van der Waals surface area (Å²) in [5, 5.41) is 4.82. The molecule has 2 amide bonds. The lowest BCUT2D eigenvalue weighted by molar-refractivity contribution is 0.0298. The number of carbonyl (C=O) groups excluding carboxylic acids is 2. The molecular weight excluding hydrogens is 476 g/mol. The molecule has 6 rings (SSSR count). The van der Waals surface area contributed by atoms with Gasteiger partial charge < -0.3 is 14.5 Å². The van der Waals surface area contributed by atoms with E-state index in [9.17, 15) is 14.1 Å². The number of fused-ring (bicyclic) bond motifs is 3. The van der Waals surface area contributed by atoms with Crippen molar-refractivity contribution in [2.24, 2.45) is 0 Å². The number of hydrogen-bond acceptors (Lipinski definition) is 5. The SMILES string of the molecule is O=C(c1ccc2c(c1)-c1c(c(C(=O)N3CCOCC3)nn1-c1ccccc1)C[S+]2O)N1CCCCC1. The fraction of sp³-hybridized carbons (Fsp3) is 0.370. The van der Waals surface area contributed by atoms with Crippen LogP contribution < -0.4 is 0 Å². The molecule has 0 radical (unpaired) electrons. The lowest BCUT2D eigenvalue weighted by Gasteiger charge is -2.27. The van der Waals surface area contributed by atoms with Crippen LogP contribution in [0.2, 0.25) is 0 Å². The van der Waals surface area contributed by atoms with Crippen molar-refractivity contribution in [3.63, 3.8) is 0 Å². The minimum atomic E-state index is -1.10. The first kappa shape index (κ1) is 23.3. The van der Waals surface area contributed by atoms with Gasteiger partial charge in [0.15, 0.2) is 27.5 Å². The molecule has 9 heteroatoms. The maximum atomic E-state index is 13.6. The molecule has 2 aromatic carbocycles. The van der Waals surface area contributed by atoms with Crippen molar-refractivity contribution < 1.29 is 18.9 Å². The van der Waals surface area contributed by atoms with E-state index in [0.717, 1.165) is 59.8 Å². The molecule has 0 spiro atoms. The summed E-state index contributed by atoms with van der Waals surface area (Å²) in [6.07, 6.45) is 3.20. The molecule has 3 aromatic rings. The van der Waals surface area contributed by atoms with Crippen molar-refractivity contribution in [1.82, 2.24) is 19.6 Å². The van der Waals surface area contributed by atoms with E-state index < -0.39 is 11.2 Å². The van der Waals surface area contributed by atoms with Gasteiger partial charge in [0.2, 0.25) is 0 Å². The van der Waals surface area contributed by atoms with Crippen LogP contribution in [0.3, 0.4) is 0 Å². The van der Waals surface area contributed by atoms with Gasteiger partial charge in [-0.2, -0.15) is 9.65 Å². The van der Waals surface area contributed by atoms with E-state index in [1.54, 1.807) is 9.58 Å². The van der Waals surface area contributed by atoms with Gasteiger partial charge in [0.25, 0.3) is 11.8 Å². The molecule has 0 saturated carbocycles. The van der Waals surface area contributed by atoms with Gasteiger partial charge in [0, 0.05) is 31.7 Å². The average molecular weight is 506 g/mol. The second-order valence-electron chi connectivity index (χ2n) is 9.40. The third-order valence-corrected chi connectivity index (χ3v) is 8.57. The third-order valence-electron chi connectivity index (χ3n) is 7.14. The van der Waals surface area contributed by atoms with E-state index in [1.165, 1.54) is 0 Å². The second kappa shape index (κ2) is 9.72. The highest BCUT2D eigenvalue weighted by Gasteiger charge is 2.41. The number of benzene rings is 2. The summed E-state index contributed by atoms with van der Waals surface area (Å²) >= 11 is -1.10. The summed E-state index contributed by atoms with van der Waals surface area (Å²) in [5.74, 6) is 0.183. The summed E-state index contributed by atoms with van der Waals surface area (Å²) in [7, 11) is 0. The molecule has 3 aliphatic rings. The standard InChI is InChI=1S/C27H29N4O4S/c32-26(29-11-5-2-6-12-29)19-9-10-23-21(17-19)25-22(18-36(23)34)24(27(33)30-13-15-35-16-14-30)28-31(25)20-7-3-1-4-8-20/h1,3-4,7-10,17,34H,2,5-6,11-16,18H2/q+1. The van der Waals surface area contributed by atoms with Gasteiger partial charge in [-0.1, -0.05) is 18.2 Å². The molecule has 186 valence electrons. The number of hydrogen-bond donors (Lipinski definition) is 1. The summed E-state index contributed by atoms with van der Waals surface area (Å²) in [5.41, 5.74) is 4.06. The summed E-state index contributed by atoms with van der Waals surface area (Å²) in [4.78, 5) is 31.4. The van der Waals surface area contributed by atoms with Gasteiger partial charge >= 0.3 is 0 Å². The number of morpholine rings is 1. The Morgan fingerprint density at radius 3 is 2.36 bits per heavy atom. The molecule has 1 aromatic heterocycles. The van der Waals surface area contributed by atoms with Gasteiger partial charge in [-0.25, -0.2) is 4.68 Å². The fourth-order valence-corrected chi connectivity index (χ4v) is 6.59. The van der Waals surface area contributed by atoms with E-state index in [2.05, 4.69) is 0 Å². The van der Waals surface area contributed by atoms with Crippen LogP contribution in [0.15, 0.2) is 53.4 Å². The molecule has 0 aliphatic carbocycles. The molecule has 4 heterocycles. The number of para-hydroxylation sites is 1. The quantitative estimate of drug-likeness (QED) is 0.550. The number of nitrogens with zero attached hydrogens (tertiary/aromatic N) is 4. The van der Waals surface area contributed by atoms with E-state index in [0.29, 0.717) is 43.3 Å². The largest absolute Gasteiger partial charge is 0.378 e. The van der Waals surface area contributed by atoms with Crippen molar-refractivity contribution >= 4 is 23.0 Å². The smallest absolute Gasteiger partial charge is 0.275 e. The van der Waals surface area contributed by atoms with Crippen LogP contribution in [-0.4, -0.2) is 75.3 Å². The lowest BCUT2D eigenvalue weighted by Crippen LogP contribution is -2.41. The Balaban J connectivity index is 1.49. The molecule has 8 nitrogen and oxygen atoms in total. The number of likely N-dealkylation sites (tertiary alicyclic amines) is 1. The molecule has 2 saturated heterocycles. The van der Waals surface area contributed by atoms with Crippen LogP contribution in [0.5, 0.6) is 0 Å². The topological polar surface area (TPSA) is 87.9 Å². The first-order valence-corrected chi connectivity index (χ1v) is 13.8. The predicted octanol–water partition coefficient (Wildman–Crippen LogP) is 3.60. The Morgan fingerprint density at radius 1 is 0.889 bits per heavy atom. The van der Waals surface area contributed by atoms with Gasteiger partial charge in [0.1, 0.15) is 0 Å². The summed E-state index contributed by atoms with van der Waals surface area (Å²) in [6, 6.07) is 15.3. The molecule has 1 atom stereocenters. The van der Waals surface area contributed by atoms with Crippen molar-refractivity contribution in [1.29, 1.82) is 0 Å². The zero-order valence-corrected chi connectivity index (χ0v) is 20.9. The van der Waals surface area contributed by atoms with Crippen molar-refractivity contribution in [2.45, 2.75) is 29.9 Å². The number of ether oxygens (including phenoxy) is 1. The van der Waals surface area contributed by atoms with Crippen molar-refractivity contribution in [3.05, 3.63) is 65.4 Å². The molecule has 0 bridgehead atoms. The Morgan fingerprint density at radius 2 is 1.61 bits per heavy atom. The lowest BCUT2D eigenvalue weighted by atomic mass is 10.0. The minimum absolute atomic E-state index is 0.0119. The average Bonchev–Trinajstić information content (AvgIpc) is 3.33. The predicted molar refractivity (Wildman–Crippen MR) is 137 cm³/mol. The van der Waals surface area contributed by atoms with E-state index in [-0.39, 0.29) is 11.8 Å². The number of amides is 2. The zero-order chi connectivity index (χ0) is 24.6. The monoisotopic (exact) mass is 505 g/mol. The summed E-state index contributed by atoms with van der Waals surface area (Å²) < 4.78 is 18.4. The zero-order valence-electron chi connectivity index (χ0n) is 20.1.